The van der Waals surface area contributed by atoms with Gasteiger partial charge in [-0.05, 0) is 62.8 Å². The lowest BCUT2D eigenvalue weighted by Gasteiger charge is -2.14. The Kier molecular flexibility index (Phi) is 4.07. The van der Waals surface area contributed by atoms with E-state index in [0.29, 0.717) is 5.02 Å². The van der Waals surface area contributed by atoms with Crippen molar-refractivity contribution < 1.29 is 9.59 Å². The Morgan fingerprint density at radius 3 is 2.38 bits per heavy atom. The van der Waals surface area contributed by atoms with Crippen LogP contribution in [0.1, 0.15) is 28.9 Å². The minimum atomic E-state index is -0.226. The topological polar surface area (TPSA) is 54.7 Å². The van der Waals surface area contributed by atoms with Gasteiger partial charge in [0.1, 0.15) is 0 Å². The molecule has 2 fully saturated rings. The zero-order chi connectivity index (χ0) is 20.4. The number of benzene rings is 1. The molecule has 5 nitrogen and oxygen atoms in total. The first-order valence-electron chi connectivity index (χ1n) is 9.93. The van der Waals surface area contributed by atoms with Gasteiger partial charge in [-0.15, -0.1) is 0 Å². The number of nitrogens with zero attached hydrogens (tertiary/aromatic N) is 3. The Balaban J connectivity index is 1.46. The van der Waals surface area contributed by atoms with Crippen molar-refractivity contribution in [2.75, 3.05) is 0 Å². The van der Waals surface area contributed by atoms with Crippen molar-refractivity contribution >= 4 is 29.6 Å². The Morgan fingerprint density at radius 1 is 1.07 bits per heavy atom. The van der Waals surface area contributed by atoms with E-state index in [2.05, 4.69) is 21.8 Å². The third kappa shape index (κ3) is 2.57. The molecule has 2 aromatic rings. The van der Waals surface area contributed by atoms with Crippen LogP contribution in [0.5, 0.6) is 0 Å². The number of hydrogen-bond donors (Lipinski definition) is 0. The van der Waals surface area contributed by atoms with E-state index in [0.717, 1.165) is 39.6 Å². The molecule has 2 heterocycles. The summed E-state index contributed by atoms with van der Waals surface area (Å²) in [6.45, 7) is 6.01. The van der Waals surface area contributed by atoms with E-state index >= 15 is 0 Å². The van der Waals surface area contributed by atoms with Gasteiger partial charge in [0.15, 0.2) is 0 Å². The normalized spacial score (nSPS) is 27.7. The lowest BCUT2D eigenvalue weighted by molar-refractivity contribution is -0.140. The van der Waals surface area contributed by atoms with Crippen molar-refractivity contribution in [3.63, 3.8) is 0 Å². The Morgan fingerprint density at radius 2 is 1.72 bits per heavy atom. The highest BCUT2D eigenvalue weighted by Crippen LogP contribution is 2.52. The molecule has 1 saturated carbocycles. The van der Waals surface area contributed by atoms with E-state index in [1.54, 1.807) is 6.21 Å². The number of hydrogen-bond acceptors (Lipinski definition) is 3. The van der Waals surface area contributed by atoms with Gasteiger partial charge in [0.05, 0.1) is 18.1 Å². The van der Waals surface area contributed by atoms with Crippen LogP contribution in [-0.4, -0.2) is 27.6 Å². The van der Waals surface area contributed by atoms with Gasteiger partial charge in [-0.2, -0.15) is 10.1 Å². The van der Waals surface area contributed by atoms with E-state index in [1.165, 1.54) is 0 Å². The maximum absolute atomic E-state index is 12.8. The van der Waals surface area contributed by atoms with Crippen LogP contribution in [0.15, 0.2) is 41.5 Å². The third-order valence-electron chi connectivity index (χ3n) is 6.71. The zero-order valence-corrected chi connectivity index (χ0v) is 17.3. The lowest BCUT2D eigenvalue weighted by atomic mass is 9.85. The lowest BCUT2D eigenvalue weighted by Crippen LogP contribution is -2.28. The first-order chi connectivity index (χ1) is 13.9. The van der Waals surface area contributed by atoms with E-state index in [9.17, 15) is 9.59 Å². The maximum Gasteiger partial charge on any atom is 0.254 e. The fourth-order valence-corrected chi connectivity index (χ4v) is 5.42. The molecule has 2 amide bonds. The van der Waals surface area contributed by atoms with Gasteiger partial charge in [0, 0.05) is 27.7 Å². The molecular formula is C23H22ClN3O2. The van der Waals surface area contributed by atoms with Crippen LogP contribution in [0.2, 0.25) is 5.02 Å². The first kappa shape index (κ1) is 18.4. The van der Waals surface area contributed by atoms with Gasteiger partial charge in [-0.3, -0.25) is 9.59 Å². The predicted octanol–water partition coefficient (Wildman–Crippen LogP) is 4.20. The number of carbonyl (C=O) groups excluding carboxylic acids is 2. The Hall–Kier alpha value is -2.66. The van der Waals surface area contributed by atoms with Gasteiger partial charge in [-0.25, -0.2) is 0 Å². The number of halogens is 1. The molecule has 0 spiro atoms. The van der Waals surface area contributed by atoms with Gasteiger partial charge >= 0.3 is 0 Å². The van der Waals surface area contributed by atoms with Crippen LogP contribution in [0.4, 0.5) is 0 Å². The maximum atomic E-state index is 12.8. The molecule has 148 valence electrons. The summed E-state index contributed by atoms with van der Waals surface area (Å²) in [5.74, 6) is -0.386. The van der Waals surface area contributed by atoms with E-state index in [4.69, 9.17) is 11.6 Å². The number of fused-ring (bicyclic) bond motifs is 5. The molecule has 1 aromatic heterocycles. The molecular weight excluding hydrogens is 386 g/mol. The Bertz CT molecular complexity index is 1080. The van der Waals surface area contributed by atoms with Crippen molar-refractivity contribution in [1.29, 1.82) is 0 Å². The molecule has 29 heavy (non-hydrogen) atoms. The van der Waals surface area contributed by atoms with E-state index in [1.807, 2.05) is 45.0 Å². The summed E-state index contributed by atoms with van der Waals surface area (Å²) < 4.78 is 2.12. The third-order valence-corrected chi connectivity index (χ3v) is 7.12. The molecule has 2 aliphatic carbocycles. The van der Waals surface area contributed by atoms with Crippen molar-refractivity contribution in [1.82, 2.24) is 9.58 Å². The second-order valence-corrected chi connectivity index (χ2v) is 8.69. The number of rotatable bonds is 3. The minimum Gasteiger partial charge on any atom is -0.318 e. The van der Waals surface area contributed by atoms with Crippen molar-refractivity contribution in [3.05, 3.63) is 64.0 Å². The van der Waals surface area contributed by atoms with Gasteiger partial charge in [0.2, 0.25) is 0 Å². The average Bonchev–Trinajstić information content (AvgIpc) is 3.42. The first-order valence-corrected chi connectivity index (χ1v) is 10.3. The number of carbonyl (C=O) groups is 2. The van der Waals surface area contributed by atoms with E-state index < -0.39 is 0 Å². The molecule has 1 aromatic carbocycles. The largest absolute Gasteiger partial charge is 0.318 e. The monoisotopic (exact) mass is 407 g/mol. The van der Waals surface area contributed by atoms with Crippen LogP contribution >= 0.6 is 11.6 Å². The summed E-state index contributed by atoms with van der Waals surface area (Å²) in [6.07, 6.45) is 6.73. The molecule has 6 heteroatoms. The van der Waals surface area contributed by atoms with Gasteiger partial charge in [0.25, 0.3) is 11.8 Å². The van der Waals surface area contributed by atoms with Crippen LogP contribution in [-0.2, 0) is 9.59 Å². The minimum absolute atomic E-state index is 0.160. The van der Waals surface area contributed by atoms with Crippen LogP contribution in [0.25, 0.3) is 5.69 Å². The number of hydrazone groups is 1. The predicted molar refractivity (Wildman–Crippen MR) is 112 cm³/mol. The van der Waals surface area contributed by atoms with Crippen molar-refractivity contribution in [3.8, 4) is 5.69 Å². The standard InChI is InChI=1S/C23H22ClN3O2/c1-12-9-17(14(3)26(12)19-6-4-5-18(24)13(19)2)11-25-27-22(28)20-15-7-8-16(10-15)21(20)23(27)29/h4-9,11,15-16,20-21H,10H2,1-3H3. The molecule has 0 N–H and O–H groups in total. The molecule has 1 aliphatic heterocycles. The van der Waals surface area contributed by atoms with E-state index in [-0.39, 0.29) is 35.5 Å². The molecule has 5 rings (SSSR count). The summed E-state index contributed by atoms with van der Waals surface area (Å²) in [5, 5.41) is 6.14. The van der Waals surface area contributed by atoms with Crippen LogP contribution in [0.3, 0.4) is 0 Å². The van der Waals surface area contributed by atoms with Gasteiger partial charge < -0.3 is 4.57 Å². The highest BCUT2D eigenvalue weighted by molar-refractivity contribution is 6.31. The highest BCUT2D eigenvalue weighted by Gasteiger charge is 2.59. The van der Waals surface area contributed by atoms with Gasteiger partial charge in [-0.1, -0.05) is 29.8 Å². The summed E-state index contributed by atoms with van der Waals surface area (Å²) >= 11 is 6.30. The SMILES string of the molecule is Cc1c(Cl)cccc1-n1c(C)cc(C=NN2C(=O)C3C4C=CC(C4)C3C2=O)c1C. The van der Waals surface area contributed by atoms with Crippen molar-refractivity contribution in [2.45, 2.75) is 27.2 Å². The number of amides is 2. The van der Waals surface area contributed by atoms with Crippen LogP contribution < -0.4 is 0 Å². The summed E-state index contributed by atoms with van der Waals surface area (Å²) in [6, 6.07) is 7.84. The molecule has 2 bridgehead atoms. The number of allylic oxidation sites excluding steroid dienone is 2. The molecule has 3 aliphatic rings. The molecule has 4 atom stereocenters. The summed E-state index contributed by atoms with van der Waals surface area (Å²) in [5.41, 5.74) is 4.91. The van der Waals surface area contributed by atoms with Crippen LogP contribution in [0, 0.1) is 44.4 Å². The average molecular weight is 408 g/mol. The molecule has 4 unspecified atom stereocenters. The Labute approximate surface area is 174 Å². The zero-order valence-electron chi connectivity index (χ0n) is 16.6. The second kappa shape index (κ2) is 6.42. The summed E-state index contributed by atoms with van der Waals surface area (Å²) in [4.78, 5) is 25.6. The number of aromatic nitrogens is 1. The smallest absolute Gasteiger partial charge is 0.254 e. The highest BCUT2D eigenvalue weighted by atomic mass is 35.5. The van der Waals surface area contributed by atoms with Crippen molar-refractivity contribution in [2.24, 2.45) is 28.8 Å². The summed E-state index contributed by atoms with van der Waals surface area (Å²) in [7, 11) is 0. The fraction of sp³-hybridized carbons (Fsp3) is 0.348. The molecule has 1 saturated heterocycles. The molecule has 0 radical (unpaired) electrons. The second-order valence-electron chi connectivity index (χ2n) is 8.28. The quantitative estimate of drug-likeness (QED) is 0.435. The fourth-order valence-electron chi connectivity index (χ4n) is 5.25. The number of aryl methyl sites for hydroxylation is 1. The number of imide groups is 1.